The number of nitrogens with two attached hydrogens (primary N) is 1. The zero-order valence-electron chi connectivity index (χ0n) is 12.7. The molecule has 2 unspecified atom stereocenters. The van der Waals surface area contributed by atoms with Gasteiger partial charge in [-0.05, 0) is 45.1 Å². The van der Waals surface area contributed by atoms with Crippen molar-refractivity contribution < 1.29 is 0 Å². The van der Waals surface area contributed by atoms with Gasteiger partial charge in [0.2, 0.25) is 0 Å². The first kappa shape index (κ1) is 14.1. The van der Waals surface area contributed by atoms with Crippen LogP contribution in [0.15, 0.2) is 0 Å². The van der Waals surface area contributed by atoms with Gasteiger partial charge in [-0.2, -0.15) is 0 Å². The molecule has 0 spiro atoms. The topological polar surface area (TPSA) is 56.7 Å². The fourth-order valence-corrected chi connectivity index (χ4v) is 4.26. The second-order valence-corrected chi connectivity index (χ2v) is 6.65. The van der Waals surface area contributed by atoms with Crippen LogP contribution in [0.2, 0.25) is 0 Å². The van der Waals surface area contributed by atoms with Crippen LogP contribution in [0, 0.1) is 12.8 Å². The van der Waals surface area contributed by atoms with Gasteiger partial charge in [-0.3, -0.25) is 0 Å². The van der Waals surface area contributed by atoms with Crippen LogP contribution in [0.1, 0.15) is 81.4 Å². The van der Waals surface area contributed by atoms with Crippen molar-refractivity contribution in [3.8, 4) is 0 Å². The van der Waals surface area contributed by atoms with Crippen molar-refractivity contribution in [2.24, 2.45) is 11.7 Å². The van der Waals surface area contributed by atoms with Crippen LogP contribution >= 0.6 is 0 Å². The fourth-order valence-electron chi connectivity index (χ4n) is 4.26. The number of nitrogens with zero attached hydrogens (tertiary/aromatic N) is 3. The molecule has 0 aliphatic heterocycles. The van der Waals surface area contributed by atoms with Crippen LogP contribution < -0.4 is 5.73 Å². The minimum absolute atomic E-state index is 0.539. The highest BCUT2D eigenvalue weighted by atomic mass is 15.3. The van der Waals surface area contributed by atoms with E-state index in [-0.39, 0.29) is 0 Å². The van der Waals surface area contributed by atoms with Crippen molar-refractivity contribution in [3.63, 3.8) is 0 Å². The Balaban J connectivity index is 1.88. The Kier molecular flexibility index (Phi) is 4.39. The molecule has 2 atom stereocenters. The summed E-state index contributed by atoms with van der Waals surface area (Å²) < 4.78 is 2.47. The molecule has 0 saturated heterocycles. The lowest BCUT2D eigenvalue weighted by Crippen LogP contribution is -2.29. The molecule has 3 rings (SSSR count). The highest BCUT2D eigenvalue weighted by Crippen LogP contribution is 2.39. The summed E-state index contributed by atoms with van der Waals surface area (Å²) >= 11 is 0. The van der Waals surface area contributed by atoms with E-state index in [2.05, 4.69) is 21.7 Å². The zero-order valence-corrected chi connectivity index (χ0v) is 12.7. The average molecular weight is 276 g/mol. The summed E-state index contributed by atoms with van der Waals surface area (Å²) in [5, 5.41) is 8.98. The van der Waals surface area contributed by atoms with Crippen molar-refractivity contribution in [2.45, 2.75) is 76.7 Å². The molecule has 4 heteroatoms. The van der Waals surface area contributed by atoms with Gasteiger partial charge in [-0.15, -0.1) is 10.2 Å². The molecule has 1 heterocycles. The van der Waals surface area contributed by atoms with Crippen molar-refractivity contribution >= 4 is 0 Å². The Bertz CT molecular complexity index is 434. The molecule has 1 aromatic rings. The molecule has 2 fully saturated rings. The third-order valence-corrected chi connectivity index (χ3v) is 5.38. The average Bonchev–Trinajstić information content (AvgIpc) is 2.89. The first-order valence-corrected chi connectivity index (χ1v) is 8.42. The molecular formula is C16H28N4. The molecule has 2 aliphatic rings. The lowest BCUT2D eigenvalue weighted by atomic mass is 9.78. The predicted molar refractivity (Wildman–Crippen MR) is 80.6 cm³/mol. The summed E-state index contributed by atoms with van der Waals surface area (Å²) in [4.78, 5) is 0. The third kappa shape index (κ3) is 2.62. The van der Waals surface area contributed by atoms with Crippen molar-refractivity contribution in [3.05, 3.63) is 11.6 Å². The van der Waals surface area contributed by atoms with Crippen LogP contribution in [0.5, 0.6) is 0 Å². The van der Waals surface area contributed by atoms with E-state index in [1.165, 1.54) is 63.6 Å². The van der Waals surface area contributed by atoms with Crippen molar-refractivity contribution in [2.75, 3.05) is 6.54 Å². The summed E-state index contributed by atoms with van der Waals surface area (Å²) in [6, 6.07) is 0.633. The van der Waals surface area contributed by atoms with Crippen LogP contribution in [0.25, 0.3) is 0 Å². The number of aromatic nitrogens is 3. The zero-order chi connectivity index (χ0) is 13.9. The number of hydrogen-bond acceptors (Lipinski definition) is 3. The maximum absolute atomic E-state index is 6.01. The number of aryl methyl sites for hydroxylation is 1. The van der Waals surface area contributed by atoms with Gasteiger partial charge in [0.1, 0.15) is 11.6 Å². The molecule has 1 aromatic heterocycles. The Morgan fingerprint density at radius 1 is 1.00 bits per heavy atom. The van der Waals surface area contributed by atoms with E-state index in [1.54, 1.807) is 0 Å². The Hall–Kier alpha value is -0.900. The molecule has 2 aliphatic carbocycles. The maximum Gasteiger partial charge on any atom is 0.136 e. The molecule has 4 nitrogen and oxygen atoms in total. The van der Waals surface area contributed by atoms with Gasteiger partial charge in [-0.1, -0.05) is 32.1 Å². The molecule has 20 heavy (non-hydrogen) atoms. The van der Waals surface area contributed by atoms with Crippen molar-refractivity contribution in [1.82, 2.24) is 14.8 Å². The standard InChI is InChI=1S/C16H28N4/c1-12-18-19-16(15-10-6-5-7-13(15)11-17)20(12)14-8-3-2-4-9-14/h13-15H,2-11,17H2,1H3. The number of hydrogen-bond donors (Lipinski definition) is 1. The summed E-state index contributed by atoms with van der Waals surface area (Å²) in [5.74, 6) is 3.49. The Morgan fingerprint density at radius 2 is 1.70 bits per heavy atom. The van der Waals surface area contributed by atoms with Gasteiger partial charge < -0.3 is 10.3 Å². The molecule has 2 N–H and O–H groups in total. The summed E-state index contributed by atoms with van der Waals surface area (Å²) in [6.07, 6.45) is 11.8. The minimum Gasteiger partial charge on any atom is -0.330 e. The fraction of sp³-hybridized carbons (Fsp3) is 0.875. The summed E-state index contributed by atoms with van der Waals surface area (Å²) in [7, 11) is 0. The van der Waals surface area contributed by atoms with E-state index in [9.17, 15) is 0 Å². The van der Waals surface area contributed by atoms with Crippen LogP contribution in [-0.4, -0.2) is 21.3 Å². The van der Waals surface area contributed by atoms with Gasteiger partial charge >= 0.3 is 0 Å². The highest BCUT2D eigenvalue weighted by Gasteiger charge is 2.32. The molecule has 0 amide bonds. The number of rotatable bonds is 3. The van der Waals surface area contributed by atoms with E-state index in [0.717, 1.165) is 12.4 Å². The van der Waals surface area contributed by atoms with Gasteiger partial charge in [0.05, 0.1) is 0 Å². The van der Waals surface area contributed by atoms with Crippen LogP contribution in [0.3, 0.4) is 0 Å². The quantitative estimate of drug-likeness (QED) is 0.921. The Labute approximate surface area is 122 Å². The summed E-state index contributed by atoms with van der Waals surface area (Å²) in [5.41, 5.74) is 6.01. The first-order valence-electron chi connectivity index (χ1n) is 8.42. The lowest BCUT2D eigenvalue weighted by molar-refractivity contribution is 0.276. The van der Waals surface area contributed by atoms with Crippen LogP contribution in [-0.2, 0) is 0 Å². The van der Waals surface area contributed by atoms with Crippen molar-refractivity contribution in [1.29, 1.82) is 0 Å². The molecule has 0 bridgehead atoms. The van der Waals surface area contributed by atoms with Gasteiger partial charge in [0.25, 0.3) is 0 Å². The largest absolute Gasteiger partial charge is 0.330 e. The summed E-state index contributed by atoms with van der Waals surface area (Å²) in [6.45, 7) is 2.91. The lowest BCUT2D eigenvalue weighted by Gasteiger charge is -2.33. The molecule has 2 saturated carbocycles. The normalized spacial score (nSPS) is 28.7. The second-order valence-electron chi connectivity index (χ2n) is 6.65. The van der Waals surface area contributed by atoms with Crippen LogP contribution in [0.4, 0.5) is 0 Å². The van der Waals surface area contributed by atoms with E-state index >= 15 is 0 Å². The Morgan fingerprint density at radius 3 is 2.45 bits per heavy atom. The SMILES string of the molecule is Cc1nnc(C2CCCCC2CN)n1C1CCCCC1. The third-order valence-electron chi connectivity index (χ3n) is 5.38. The predicted octanol–water partition coefficient (Wildman–Crippen LogP) is 3.32. The molecule has 112 valence electrons. The van der Waals surface area contributed by atoms with Gasteiger partial charge in [-0.25, -0.2) is 0 Å². The van der Waals surface area contributed by atoms with E-state index in [0.29, 0.717) is 17.9 Å². The molecule has 0 aromatic carbocycles. The molecular weight excluding hydrogens is 248 g/mol. The van der Waals surface area contributed by atoms with Gasteiger partial charge in [0.15, 0.2) is 0 Å². The molecule has 0 radical (unpaired) electrons. The monoisotopic (exact) mass is 276 g/mol. The maximum atomic E-state index is 6.01. The second kappa shape index (κ2) is 6.25. The van der Waals surface area contributed by atoms with E-state index in [1.807, 2.05) is 0 Å². The minimum atomic E-state index is 0.539. The smallest absolute Gasteiger partial charge is 0.136 e. The van der Waals surface area contributed by atoms with Gasteiger partial charge in [0, 0.05) is 12.0 Å². The van der Waals surface area contributed by atoms with E-state index < -0.39 is 0 Å². The van der Waals surface area contributed by atoms with E-state index in [4.69, 9.17) is 5.73 Å². The highest BCUT2D eigenvalue weighted by molar-refractivity contribution is 5.07. The first-order chi connectivity index (χ1) is 9.81.